The Balaban J connectivity index is 1.56. The van der Waals surface area contributed by atoms with Gasteiger partial charge in [-0.1, -0.05) is 6.92 Å². The van der Waals surface area contributed by atoms with E-state index in [9.17, 15) is 9.59 Å². The summed E-state index contributed by atoms with van der Waals surface area (Å²) in [4.78, 5) is 38.7. The molecule has 2 aliphatic rings. The summed E-state index contributed by atoms with van der Waals surface area (Å²) in [7, 11) is 0. The number of amides is 2. The molecule has 0 aliphatic carbocycles. The van der Waals surface area contributed by atoms with E-state index in [1.165, 1.54) is 6.42 Å². The Labute approximate surface area is 154 Å². The Hall–Kier alpha value is -2.38. The summed E-state index contributed by atoms with van der Waals surface area (Å²) in [5, 5.41) is 0. The second-order valence-corrected chi connectivity index (χ2v) is 6.93. The lowest BCUT2D eigenvalue weighted by molar-refractivity contribution is 0.0676. The minimum absolute atomic E-state index is 0.0391. The highest BCUT2D eigenvalue weighted by atomic mass is 16.6. The molecule has 0 bridgehead atoms. The molecule has 0 spiro atoms. The molecule has 1 aromatic rings. The molecule has 2 saturated heterocycles. The molecular weight excluding hydrogens is 334 g/mol. The monoisotopic (exact) mass is 361 g/mol. The molecule has 0 saturated carbocycles. The first kappa shape index (κ1) is 18.4. The van der Waals surface area contributed by atoms with Crippen LogP contribution in [0.15, 0.2) is 12.4 Å². The molecule has 2 amide bonds. The van der Waals surface area contributed by atoms with Crippen LogP contribution in [-0.4, -0.2) is 77.6 Å². The Morgan fingerprint density at radius 3 is 2.50 bits per heavy atom. The van der Waals surface area contributed by atoms with Crippen LogP contribution in [0, 0.1) is 5.92 Å². The van der Waals surface area contributed by atoms with Gasteiger partial charge in [-0.05, 0) is 25.7 Å². The zero-order valence-corrected chi connectivity index (χ0v) is 15.6. The largest absolute Gasteiger partial charge is 0.450 e. The lowest BCUT2D eigenvalue weighted by atomic mass is 10.0. The summed E-state index contributed by atoms with van der Waals surface area (Å²) < 4.78 is 5.03. The third-order valence-corrected chi connectivity index (χ3v) is 4.93. The summed E-state index contributed by atoms with van der Waals surface area (Å²) in [5.74, 6) is 1.23. The fraction of sp³-hybridized carbons (Fsp3) is 0.667. The van der Waals surface area contributed by atoms with Gasteiger partial charge in [0.2, 0.25) is 0 Å². The zero-order valence-electron chi connectivity index (χ0n) is 15.6. The minimum Gasteiger partial charge on any atom is -0.450 e. The Kier molecular flexibility index (Phi) is 5.90. The van der Waals surface area contributed by atoms with E-state index < -0.39 is 0 Å². The highest BCUT2D eigenvalue weighted by Crippen LogP contribution is 2.18. The standard InChI is InChI=1S/C18H27N5O3/c1-3-26-18(25)22-9-7-21(8-10-22)16-12-19-15(11-20-16)17(24)23-6-4-5-14(2)13-23/h11-12,14H,3-10,13H2,1-2H3. The maximum atomic E-state index is 12.6. The van der Waals surface area contributed by atoms with Gasteiger partial charge in [0.15, 0.2) is 0 Å². The summed E-state index contributed by atoms with van der Waals surface area (Å²) in [6.07, 6.45) is 5.17. The summed E-state index contributed by atoms with van der Waals surface area (Å²) in [6.45, 7) is 8.46. The van der Waals surface area contributed by atoms with Crippen molar-refractivity contribution in [2.24, 2.45) is 5.92 Å². The molecule has 1 unspecified atom stereocenters. The molecule has 2 aliphatic heterocycles. The van der Waals surface area contributed by atoms with Crippen molar-refractivity contribution >= 4 is 17.8 Å². The number of likely N-dealkylation sites (tertiary alicyclic amines) is 1. The van der Waals surface area contributed by atoms with Gasteiger partial charge in [0.25, 0.3) is 5.91 Å². The van der Waals surface area contributed by atoms with Crippen LogP contribution in [-0.2, 0) is 4.74 Å². The summed E-state index contributed by atoms with van der Waals surface area (Å²) >= 11 is 0. The zero-order chi connectivity index (χ0) is 18.5. The molecule has 26 heavy (non-hydrogen) atoms. The second kappa shape index (κ2) is 8.33. The normalized spacial score (nSPS) is 20.8. The van der Waals surface area contributed by atoms with Gasteiger partial charge in [0, 0.05) is 39.3 Å². The van der Waals surface area contributed by atoms with Crippen LogP contribution >= 0.6 is 0 Å². The third-order valence-electron chi connectivity index (χ3n) is 4.93. The van der Waals surface area contributed by atoms with E-state index in [2.05, 4.69) is 21.8 Å². The highest BCUT2D eigenvalue weighted by Gasteiger charge is 2.25. The number of hydrogen-bond donors (Lipinski definition) is 0. The van der Waals surface area contributed by atoms with Gasteiger partial charge in [-0.2, -0.15) is 0 Å². The number of carbonyl (C=O) groups excluding carboxylic acids is 2. The maximum Gasteiger partial charge on any atom is 0.409 e. The Bertz CT molecular complexity index is 628. The quantitative estimate of drug-likeness (QED) is 0.814. The van der Waals surface area contributed by atoms with Gasteiger partial charge in [-0.15, -0.1) is 0 Å². The SMILES string of the molecule is CCOC(=O)N1CCN(c2cnc(C(=O)N3CCCC(C)C3)cn2)CC1. The average molecular weight is 361 g/mol. The molecule has 142 valence electrons. The van der Waals surface area contributed by atoms with Crippen molar-refractivity contribution < 1.29 is 14.3 Å². The molecule has 1 aromatic heterocycles. The molecule has 0 radical (unpaired) electrons. The third kappa shape index (κ3) is 4.23. The second-order valence-electron chi connectivity index (χ2n) is 6.93. The molecule has 1 atom stereocenters. The number of carbonyl (C=O) groups is 2. The number of hydrogen-bond acceptors (Lipinski definition) is 6. The molecule has 8 nitrogen and oxygen atoms in total. The van der Waals surface area contributed by atoms with Gasteiger partial charge in [0.05, 0.1) is 19.0 Å². The highest BCUT2D eigenvalue weighted by molar-refractivity contribution is 5.92. The number of aromatic nitrogens is 2. The first-order chi connectivity index (χ1) is 12.6. The van der Waals surface area contributed by atoms with Crippen LogP contribution in [0.2, 0.25) is 0 Å². The van der Waals surface area contributed by atoms with Gasteiger partial charge in [0.1, 0.15) is 11.5 Å². The predicted molar refractivity (Wildman–Crippen MR) is 97.1 cm³/mol. The number of nitrogens with zero attached hydrogens (tertiary/aromatic N) is 5. The fourth-order valence-corrected chi connectivity index (χ4v) is 3.46. The first-order valence-electron chi connectivity index (χ1n) is 9.36. The predicted octanol–water partition coefficient (Wildman–Crippen LogP) is 1.63. The van der Waals surface area contributed by atoms with Gasteiger partial charge in [-0.25, -0.2) is 14.8 Å². The van der Waals surface area contributed by atoms with E-state index in [-0.39, 0.29) is 12.0 Å². The summed E-state index contributed by atoms with van der Waals surface area (Å²) in [5.41, 5.74) is 0.396. The van der Waals surface area contributed by atoms with Crippen molar-refractivity contribution in [1.29, 1.82) is 0 Å². The van der Waals surface area contributed by atoms with E-state index in [4.69, 9.17) is 4.74 Å². The topological polar surface area (TPSA) is 78.9 Å². The molecular formula is C18H27N5O3. The number of anilines is 1. The summed E-state index contributed by atoms with van der Waals surface area (Å²) in [6, 6.07) is 0. The van der Waals surface area contributed by atoms with Crippen LogP contribution in [0.3, 0.4) is 0 Å². The molecule has 8 heteroatoms. The lowest BCUT2D eigenvalue weighted by Gasteiger charge is -2.34. The van der Waals surface area contributed by atoms with Crippen LogP contribution < -0.4 is 4.90 Å². The molecule has 3 rings (SSSR count). The van der Waals surface area contributed by atoms with Crippen molar-refractivity contribution in [2.45, 2.75) is 26.7 Å². The first-order valence-corrected chi connectivity index (χ1v) is 9.36. The molecule has 2 fully saturated rings. The number of piperidine rings is 1. The lowest BCUT2D eigenvalue weighted by Crippen LogP contribution is -2.49. The maximum absolute atomic E-state index is 12.6. The average Bonchev–Trinajstić information content (AvgIpc) is 2.68. The number of rotatable bonds is 3. The van der Waals surface area contributed by atoms with E-state index in [1.54, 1.807) is 24.2 Å². The van der Waals surface area contributed by atoms with Crippen molar-refractivity contribution in [3.8, 4) is 0 Å². The van der Waals surface area contributed by atoms with Gasteiger partial charge < -0.3 is 19.4 Å². The van der Waals surface area contributed by atoms with Crippen LogP contribution in [0.25, 0.3) is 0 Å². The van der Waals surface area contributed by atoms with Crippen LogP contribution in [0.1, 0.15) is 37.2 Å². The van der Waals surface area contributed by atoms with Crippen molar-refractivity contribution in [3.05, 3.63) is 18.1 Å². The van der Waals surface area contributed by atoms with E-state index >= 15 is 0 Å². The molecule has 0 aromatic carbocycles. The van der Waals surface area contributed by atoms with Crippen LogP contribution in [0.4, 0.5) is 10.6 Å². The smallest absolute Gasteiger partial charge is 0.409 e. The van der Waals surface area contributed by atoms with Crippen molar-refractivity contribution in [1.82, 2.24) is 19.8 Å². The Morgan fingerprint density at radius 2 is 1.88 bits per heavy atom. The molecule has 0 N–H and O–H groups in total. The van der Waals surface area contributed by atoms with Gasteiger partial charge in [-0.3, -0.25) is 4.79 Å². The number of piperazine rings is 1. The van der Waals surface area contributed by atoms with E-state index in [0.717, 1.165) is 25.3 Å². The van der Waals surface area contributed by atoms with E-state index in [1.807, 2.05) is 4.90 Å². The van der Waals surface area contributed by atoms with Gasteiger partial charge >= 0.3 is 6.09 Å². The van der Waals surface area contributed by atoms with Crippen LogP contribution in [0.5, 0.6) is 0 Å². The van der Waals surface area contributed by atoms with Crippen molar-refractivity contribution in [2.75, 3.05) is 50.8 Å². The Morgan fingerprint density at radius 1 is 1.12 bits per heavy atom. The van der Waals surface area contributed by atoms with Crippen molar-refractivity contribution in [3.63, 3.8) is 0 Å². The van der Waals surface area contributed by atoms with E-state index in [0.29, 0.717) is 44.4 Å². The molecule has 3 heterocycles. The number of ether oxygens (including phenoxy) is 1. The minimum atomic E-state index is -0.269. The fourth-order valence-electron chi connectivity index (χ4n) is 3.46.